The normalized spacial score (nSPS) is 24.0. The molecule has 1 saturated carbocycles. The molecule has 2 aliphatic rings. The Bertz CT molecular complexity index is 300. The lowest BCUT2D eigenvalue weighted by Gasteiger charge is -2.40. The van der Waals surface area contributed by atoms with Gasteiger partial charge in [-0.1, -0.05) is 19.3 Å². The van der Waals surface area contributed by atoms with Gasteiger partial charge in [0.2, 0.25) is 5.91 Å². The van der Waals surface area contributed by atoms with Gasteiger partial charge in [0.05, 0.1) is 13.1 Å². The van der Waals surface area contributed by atoms with Gasteiger partial charge in [-0.05, 0) is 12.8 Å². The average molecular weight is 240 g/mol. The van der Waals surface area contributed by atoms with Crippen LogP contribution in [0.25, 0.3) is 0 Å². The highest BCUT2D eigenvalue weighted by Gasteiger charge is 2.30. The zero-order valence-corrected chi connectivity index (χ0v) is 10.1. The summed E-state index contributed by atoms with van der Waals surface area (Å²) in [6, 6.07) is 0.406. The minimum absolute atomic E-state index is 0.0236. The van der Waals surface area contributed by atoms with E-state index in [1.165, 1.54) is 19.3 Å². The smallest absolute Gasteiger partial charge is 0.317 e. The van der Waals surface area contributed by atoms with Crippen molar-refractivity contribution in [2.75, 3.05) is 26.2 Å². The molecule has 0 radical (unpaired) electrons. The van der Waals surface area contributed by atoms with Crippen LogP contribution in [0, 0.1) is 0 Å². The summed E-state index contributed by atoms with van der Waals surface area (Å²) in [7, 11) is 0. The van der Waals surface area contributed by atoms with E-state index in [-0.39, 0.29) is 19.0 Å². The predicted molar refractivity (Wildman–Crippen MR) is 62.7 cm³/mol. The van der Waals surface area contributed by atoms with E-state index in [9.17, 15) is 9.59 Å². The van der Waals surface area contributed by atoms with Gasteiger partial charge in [-0.25, -0.2) is 0 Å². The third-order valence-corrected chi connectivity index (χ3v) is 3.71. The van der Waals surface area contributed by atoms with Crippen LogP contribution in [0.5, 0.6) is 0 Å². The van der Waals surface area contributed by atoms with Crippen LogP contribution in [-0.4, -0.2) is 59.0 Å². The fourth-order valence-corrected chi connectivity index (χ4v) is 2.84. The van der Waals surface area contributed by atoms with Crippen molar-refractivity contribution in [2.45, 2.75) is 38.1 Å². The Hall–Kier alpha value is -1.10. The molecule has 0 aromatic carbocycles. The summed E-state index contributed by atoms with van der Waals surface area (Å²) in [6.45, 7) is 1.62. The van der Waals surface area contributed by atoms with Crippen LogP contribution in [0.2, 0.25) is 0 Å². The van der Waals surface area contributed by atoms with Crippen molar-refractivity contribution in [2.24, 2.45) is 0 Å². The number of carboxylic acids is 1. The van der Waals surface area contributed by atoms with Crippen LogP contribution in [0.15, 0.2) is 0 Å². The van der Waals surface area contributed by atoms with Crippen molar-refractivity contribution in [3.05, 3.63) is 0 Å². The number of carbonyl (C=O) groups is 2. The summed E-state index contributed by atoms with van der Waals surface area (Å²) >= 11 is 0. The number of piperazine rings is 1. The highest BCUT2D eigenvalue weighted by atomic mass is 16.4. The molecule has 2 fully saturated rings. The number of rotatable bonds is 3. The molecule has 0 aromatic heterocycles. The molecular formula is C12H20N2O3. The monoisotopic (exact) mass is 240 g/mol. The number of hydrogen-bond acceptors (Lipinski definition) is 3. The van der Waals surface area contributed by atoms with Gasteiger partial charge < -0.3 is 10.0 Å². The van der Waals surface area contributed by atoms with Crippen molar-refractivity contribution in [3.8, 4) is 0 Å². The van der Waals surface area contributed by atoms with Gasteiger partial charge in [0.15, 0.2) is 0 Å². The van der Waals surface area contributed by atoms with Crippen molar-refractivity contribution in [1.82, 2.24) is 9.80 Å². The molecule has 2 rings (SSSR count). The fraction of sp³-hybridized carbons (Fsp3) is 0.833. The second-order valence-corrected chi connectivity index (χ2v) is 4.98. The van der Waals surface area contributed by atoms with E-state index in [1.54, 1.807) is 4.90 Å². The maximum Gasteiger partial charge on any atom is 0.317 e. The van der Waals surface area contributed by atoms with E-state index >= 15 is 0 Å². The molecule has 0 bridgehead atoms. The second-order valence-electron chi connectivity index (χ2n) is 4.98. The molecule has 1 aliphatic carbocycles. The fourth-order valence-electron chi connectivity index (χ4n) is 2.84. The molecule has 0 aromatic rings. The van der Waals surface area contributed by atoms with E-state index in [4.69, 9.17) is 5.11 Å². The Morgan fingerprint density at radius 2 is 1.94 bits per heavy atom. The molecule has 5 nitrogen and oxygen atoms in total. The summed E-state index contributed by atoms with van der Waals surface area (Å²) in [5.41, 5.74) is 0. The highest BCUT2D eigenvalue weighted by Crippen LogP contribution is 2.23. The average Bonchev–Trinajstić information content (AvgIpc) is 2.29. The minimum atomic E-state index is -0.857. The first-order chi connectivity index (χ1) is 8.16. The van der Waals surface area contributed by atoms with Gasteiger partial charge in [-0.3, -0.25) is 14.5 Å². The van der Waals surface area contributed by atoms with Gasteiger partial charge in [0, 0.05) is 19.1 Å². The van der Waals surface area contributed by atoms with Crippen LogP contribution in [0.3, 0.4) is 0 Å². The number of hydrogen-bond donors (Lipinski definition) is 1. The van der Waals surface area contributed by atoms with E-state index < -0.39 is 5.97 Å². The zero-order chi connectivity index (χ0) is 12.3. The molecule has 17 heavy (non-hydrogen) atoms. The molecule has 1 aliphatic heterocycles. The Balaban J connectivity index is 1.86. The maximum atomic E-state index is 12.0. The molecule has 0 atom stereocenters. The van der Waals surface area contributed by atoms with Gasteiger partial charge >= 0.3 is 5.97 Å². The molecule has 1 saturated heterocycles. The summed E-state index contributed by atoms with van der Waals surface area (Å²) in [5.74, 6) is -0.756. The third-order valence-electron chi connectivity index (χ3n) is 3.71. The Kier molecular flexibility index (Phi) is 3.99. The molecule has 1 N–H and O–H groups in total. The van der Waals surface area contributed by atoms with Crippen molar-refractivity contribution >= 4 is 11.9 Å². The topological polar surface area (TPSA) is 60.9 Å². The van der Waals surface area contributed by atoms with E-state index in [0.29, 0.717) is 19.1 Å². The first-order valence-corrected chi connectivity index (χ1v) is 6.40. The molecule has 0 unspecified atom stereocenters. The van der Waals surface area contributed by atoms with Gasteiger partial charge in [0.1, 0.15) is 0 Å². The number of amides is 1. The number of carboxylic acid groups (broad SMARTS) is 1. The largest absolute Gasteiger partial charge is 0.480 e. The molecule has 0 spiro atoms. The van der Waals surface area contributed by atoms with Crippen molar-refractivity contribution in [3.63, 3.8) is 0 Å². The number of carbonyl (C=O) groups excluding carboxylic acids is 1. The second kappa shape index (κ2) is 5.49. The molecular weight excluding hydrogens is 220 g/mol. The van der Waals surface area contributed by atoms with E-state index in [0.717, 1.165) is 12.8 Å². The first-order valence-electron chi connectivity index (χ1n) is 6.40. The van der Waals surface area contributed by atoms with Gasteiger partial charge in [0.25, 0.3) is 0 Å². The molecule has 1 amide bonds. The predicted octanol–water partition coefficient (Wildman–Crippen LogP) is 0.548. The molecule has 96 valence electrons. The van der Waals surface area contributed by atoms with E-state index in [2.05, 4.69) is 0 Å². The van der Waals surface area contributed by atoms with E-state index in [1.807, 2.05) is 4.90 Å². The van der Waals surface area contributed by atoms with Gasteiger partial charge in [-0.2, -0.15) is 0 Å². The zero-order valence-electron chi connectivity index (χ0n) is 10.1. The number of nitrogens with zero attached hydrogens (tertiary/aromatic N) is 2. The van der Waals surface area contributed by atoms with Crippen LogP contribution >= 0.6 is 0 Å². The Labute approximate surface area is 101 Å². The van der Waals surface area contributed by atoms with Gasteiger partial charge in [-0.15, -0.1) is 0 Å². The first kappa shape index (κ1) is 12.4. The molecule has 5 heteroatoms. The summed E-state index contributed by atoms with van der Waals surface area (Å²) in [5, 5.41) is 8.70. The lowest BCUT2D eigenvalue weighted by Crippen LogP contribution is -2.55. The Morgan fingerprint density at radius 1 is 1.24 bits per heavy atom. The summed E-state index contributed by atoms with van der Waals surface area (Å²) in [6.07, 6.45) is 5.94. The molecule has 1 heterocycles. The summed E-state index contributed by atoms with van der Waals surface area (Å²) in [4.78, 5) is 26.2. The quantitative estimate of drug-likeness (QED) is 0.782. The summed E-state index contributed by atoms with van der Waals surface area (Å²) < 4.78 is 0. The lowest BCUT2D eigenvalue weighted by molar-refractivity contribution is -0.144. The standard InChI is InChI=1S/C12H20N2O3/c15-11-8-13(9-12(16)17)6-7-14(11)10-4-2-1-3-5-10/h10H,1-9H2,(H,16,17). The van der Waals surface area contributed by atoms with Crippen molar-refractivity contribution < 1.29 is 14.7 Å². The number of aliphatic carboxylic acids is 1. The third kappa shape index (κ3) is 3.19. The van der Waals surface area contributed by atoms with Crippen LogP contribution in [0.1, 0.15) is 32.1 Å². The van der Waals surface area contributed by atoms with Crippen LogP contribution < -0.4 is 0 Å². The van der Waals surface area contributed by atoms with Crippen LogP contribution in [-0.2, 0) is 9.59 Å². The minimum Gasteiger partial charge on any atom is -0.480 e. The van der Waals surface area contributed by atoms with Crippen molar-refractivity contribution in [1.29, 1.82) is 0 Å². The Morgan fingerprint density at radius 3 is 2.53 bits per heavy atom. The van der Waals surface area contributed by atoms with Crippen LogP contribution in [0.4, 0.5) is 0 Å². The SMILES string of the molecule is O=C(O)CN1CCN(C2CCCCC2)C(=O)C1. The maximum absolute atomic E-state index is 12.0. The highest BCUT2D eigenvalue weighted by molar-refractivity contribution is 5.80. The lowest BCUT2D eigenvalue weighted by atomic mass is 9.93.